The van der Waals surface area contributed by atoms with Crippen molar-refractivity contribution in [1.29, 1.82) is 0 Å². The molecule has 2 aromatic heterocycles. The zero-order chi connectivity index (χ0) is 58.1. The molecule has 85 heavy (non-hydrogen) atoms. The second-order valence-corrected chi connectivity index (χ2v) is 24.9. The summed E-state index contributed by atoms with van der Waals surface area (Å²) in [6.07, 6.45) is 27.7. The Bertz CT molecular complexity index is 3550. The molecule has 11 atom stereocenters. The van der Waals surface area contributed by atoms with Gasteiger partial charge < -0.3 is 39.9 Å². The van der Waals surface area contributed by atoms with Crippen molar-refractivity contribution in [2.45, 2.75) is 139 Å². The van der Waals surface area contributed by atoms with E-state index in [0.29, 0.717) is 29.6 Å². The SMILES string of the molecule is COC(=O)N[C@H](C(=O)N1[C@H](c2nc(-c3ccc(C4=CC5=CC[C@@H]4C[C@@H](C)[C@@H]4C=CC(=C(c6ccc(-c7c[nH]c([C@@H]8C[C@@H]9CCCC[C@@H]9N8C(=O)[C@@H](NC(=O)OC)c8ccccc8)n7)cc6)C4)CC5)cc3)c[nH]2)C[C@@H]2CCCC[C@@H]21)c1ccccc1. The minimum atomic E-state index is -0.878. The number of nitrogens with zero attached hydrogens (tertiary/aromatic N) is 4. The number of rotatable bonds is 12. The highest BCUT2D eigenvalue weighted by Crippen LogP contribution is 2.50. The highest BCUT2D eigenvalue weighted by Gasteiger charge is 2.50. The first-order chi connectivity index (χ1) is 41.6. The maximum atomic E-state index is 14.8. The number of alkyl carbamates (subject to hydrolysis) is 2. The van der Waals surface area contributed by atoms with E-state index < -0.39 is 24.3 Å². The molecule has 4 heterocycles. The first-order valence-electron chi connectivity index (χ1n) is 31.1. The summed E-state index contributed by atoms with van der Waals surface area (Å²) in [5.74, 6) is 3.27. The molecule has 4 fully saturated rings. The first-order valence-corrected chi connectivity index (χ1v) is 31.1. The van der Waals surface area contributed by atoms with Gasteiger partial charge in [-0.05, 0) is 139 Å². The minimum Gasteiger partial charge on any atom is -0.453 e. The second-order valence-electron chi connectivity index (χ2n) is 24.9. The fraction of sp³-hybridized carbons (Fsp3) is 0.408. The average Bonchev–Trinajstić information content (AvgIpc) is 3.29. The van der Waals surface area contributed by atoms with Crippen LogP contribution in [0.15, 0.2) is 157 Å². The van der Waals surface area contributed by atoms with Crippen LogP contribution in [0.3, 0.4) is 0 Å². The monoisotopic (exact) mass is 1140 g/mol. The van der Waals surface area contributed by atoms with Crippen LogP contribution in [0.5, 0.6) is 0 Å². The van der Waals surface area contributed by atoms with Gasteiger partial charge in [0.2, 0.25) is 0 Å². The van der Waals surface area contributed by atoms with Crippen molar-refractivity contribution in [3.63, 3.8) is 0 Å². The number of amides is 4. The Balaban J connectivity index is 0.707. The number of ether oxygens (including phenoxy) is 2. The molecule has 0 spiro atoms. The molecule has 14 nitrogen and oxygen atoms in total. The van der Waals surface area contributed by atoms with Crippen molar-refractivity contribution >= 4 is 35.1 Å². The second kappa shape index (κ2) is 24.4. The molecule has 438 valence electrons. The van der Waals surface area contributed by atoms with Crippen LogP contribution in [0.4, 0.5) is 9.59 Å². The number of allylic oxidation sites excluding steroid dienone is 8. The van der Waals surface area contributed by atoms with Crippen LogP contribution in [-0.2, 0) is 19.1 Å². The van der Waals surface area contributed by atoms with Crippen molar-refractivity contribution in [2.24, 2.45) is 29.6 Å². The normalized spacial score (nSPS) is 26.0. The van der Waals surface area contributed by atoms with E-state index >= 15 is 0 Å². The number of carbonyl (C=O) groups is 4. The van der Waals surface area contributed by atoms with E-state index in [1.807, 2.05) is 82.9 Å². The molecular weight excluding hydrogens is 1060 g/mol. The zero-order valence-corrected chi connectivity index (χ0v) is 49.1. The topological polar surface area (TPSA) is 175 Å². The Morgan fingerprint density at radius 3 is 1.61 bits per heavy atom. The standard InChI is InChI=1S/C71H78N8O6/c1-43-36-53-25-23-44(37-56(53)46-26-31-48(32-27-46)58-41-72-66(74-58)62-39-54-18-10-12-20-60(54)78(62)68(80)64(76-70(82)84-2)50-14-6-4-7-15-50)22-24-45-30-35-52(43)38-57(45)47-28-33-49(34-29-47)59-42-73-67(75-59)63-40-55-19-11-13-21-61(55)79(63)69(81)65(77-71(83)85-3)51-16-8-5-9-17-51/h4-9,14-17,23,26-35,37,41-43,52-55,60-65H,10-13,18-22,24-25,36,38-40H2,1-3H3,(H,72,74)(H,73,75)(H,76,82)(H,77,83)/t43-,52-,53-,54+,55+,60+,61+,62+,63+,64+,65+/m1/s1. The molecule has 10 aliphatic rings. The lowest BCUT2D eigenvalue weighted by Crippen LogP contribution is -2.47. The van der Waals surface area contributed by atoms with Crippen LogP contribution < -0.4 is 10.6 Å². The lowest BCUT2D eigenvalue weighted by Gasteiger charge is -2.36. The predicted octanol–water partition coefficient (Wildman–Crippen LogP) is 14.5. The van der Waals surface area contributed by atoms with Crippen LogP contribution in [0.2, 0.25) is 0 Å². The van der Waals surface area contributed by atoms with Crippen LogP contribution in [0.1, 0.15) is 161 Å². The number of aromatic amines is 2. The van der Waals surface area contributed by atoms with Crippen LogP contribution in [0, 0.1) is 29.6 Å². The molecule has 14 heteroatoms. The zero-order valence-electron chi connectivity index (χ0n) is 49.1. The predicted molar refractivity (Wildman–Crippen MR) is 329 cm³/mol. The summed E-state index contributed by atoms with van der Waals surface area (Å²) in [5, 5.41) is 5.70. The number of aromatic nitrogens is 4. The van der Waals surface area contributed by atoms with Gasteiger partial charge in [0, 0.05) is 35.6 Å². The fourth-order valence-corrected chi connectivity index (χ4v) is 15.7. The summed E-state index contributed by atoms with van der Waals surface area (Å²) in [5.41, 5.74) is 13.3. The van der Waals surface area contributed by atoms with E-state index in [1.165, 1.54) is 47.6 Å². The Kier molecular flexibility index (Phi) is 16.0. The van der Waals surface area contributed by atoms with E-state index in [2.05, 4.69) is 100 Å². The summed E-state index contributed by atoms with van der Waals surface area (Å²) in [7, 11) is 2.65. The Labute approximate surface area is 498 Å². The third-order valence-corrected chi connectivity index (χ3v) is 20.1. The number of H-pyrrole nitrogens is 2. The van der Waals surface area contributed by atoms with Gasteiger partial charge in [0.25, 0.3) is 11.8 Å². The molecule has 16 rings (SSSR count). The molecule has 8 aliphatic carbocycles. The van der Waals surface area contributed by atoms with Crippen molar-refractivity contribution < 1.29 is 28.7 Å². The number of carbonyl (C=O) groups excluding carboxylic acids is 4. The van der Waals surface area contributed by atoms with E-state index in [1.54, 1.807) is 0 Å². The maximum Gasteiger partial charge on any atom is 0.407 e. The number of imidazole rings is 2. The molecule has 4 aromatic carbocycles. The van der Waals surface area contributed by atoms with Gasteiger partial charge in [-0.2, -0.15) is 0 Å². The Morgan fingerprint density at radius 1 is 0.600 bits per heavy atom. The Hall–Kier alpha value is -8.26. The quantitative estimate of drug-likeness (QED) is 0.0936. The van der Waals surface area contributed by atoms with E-state index in [4.69, 9.17) is 19.4 Å². The van der Waals surface area contributed by atoms with Crippen molar-refractivity contribution in [3.8, 4) is 22.5 Å². The lowest BCUT2D eigenvalue weighted by atomic mass is 9.71. The highest BCUT2D eigenvalue weighted by atomic mass is 16.5. The van der Waals surface area contributed by atoms with Gasteiger partial charge in [-0.25, -0.2) is 19.6 Å². The van der Waals surface area contributed by atoms with Gasteiger partial charge in [0.1, 0.15) is 23.7 Å². The number of methoxy groups -OCH3 is 2. The summed E-state index contributed by atoms with van der Waals surface area (Å²) < 4.78 is 10.00. The molecule has 2 saturated carbocycles. The third-order valence-electron chi connectivity index (χ3n) is 20.1. The molecule has 4 bridgehead atoms. The molecule has 0 radical (unpaired) electrons. The molecular formula is C71H78N8O6. The van der Waals surface area contributed by atoms with Crippen molar-refractivity contribution in [2.75, 3.05) is 14.2 Å². The van der Waals surface area contributed by atoms with Gasteiger partial charge in [0.15, 0.2) is 0 Å². The molecule has 4 N–H and O–H groups in total. The van der Waals surface area contributed by atoms with Crippen LogP contribution in [0.25, 0.3) is 33.7 Å². The Morgan fingerprint density at radius 2 is 1.09 bits per heavy atom. The molecule has 2 saturated heterocycles. The molecule has 2 aliphatic heterocycles. The molecule has 0 unspecified atom stereocenters. The van der Waals surface area contributed by atoms with E-state index in [0.717, 1.165) is 142 Å². The highest BCUT2D eigenvalue weighted by molar-refractivity contribution is 5.89. The smallest absolute Gasteiger partial charge is 0.407 e. The maximum absolute atomic E-state index is 14.8. The summed E-state index contributed by atoms with van der Waals surface area (Å²) in [6.45, 7) is 2.44. The van der Waals surface area contributed by atoms with E-state index in [9.17, 15) is 19.2 Å². The van der Waals surface area contributed by atoms with Gasteiger partial charge in [-0.1, -0.05) is 172 Å². The fourth-order valence-electron chi connectivity index (χ4n) is 15.7. The number of fused-ring (bicyclic) bond motifs is 2. The van der Waals surface area contributed by atoms with Crippen molar-refractivity contribution in [1.82, 2.24) is 40.4 Å². The largest absolute Gasteiger partial charge is 0.453 e. The average molecular weight is 1140 g/mol. The van der Waals surface area contributed by atoms with Crippen LogP contribution in [-0.4, -0.2) is 80.0 Å². The van der Waals surface area contributed by atoms with Gasteiger partial charge in [0.05, 0.1) is 37.7 Å². The number of nitrogens with one attached hydrogen (secondary N) is 4. The number of benzene rings is 4. The summed E-state index contributed by atoms with van der Waals surface area (Å²) >= 11 is 0. The van der Waals surface area contributed by atoms with Gasteiger partial charge >= 0.3 is 12.2 Å². The van der Waals surface area contributed by atoms with Crippen LogP contribution >= 0.6 is 0 Å². The van der Waals surface area contributed by atoms with Crippen molar-refractivity contribution in [3.05, 3.63) is 191 Å². The lowest BCUT2D eigenvalue weighted by molar-refractivity contribution is -0.138. The van der Waals surface area contributed by atoms with Gasteiger partial charge in [-0.3, -0.25) is 9.59 Å². The summed E-state index contributed by atoms with van der Waals surface area (Å²) in [6, 6.07) is 34.7. The first kappa shape index (κ1) is 55.9. The van der Waals surface area contributed by atoms with E-state index in [-0.39, 0.29) is 36.0 Å². The molecule has 4 amide bonds. The molecule has 6 aromatic rings. The minimum absolute atomic E-state index is 0.0760. The van der Waals surface area contributed by atoms with Gasteiger partial charge in [-0.15, -0.1) is 0 Å². The number of hydrogen-bond acceptors (Lipinski definition) is 8. The number of hydrogen-bond donors (Lipinski definition) is 4. The summed E-state index contributed by atoms with van der Waals surface area (Å²) in [4.78, 5) is 76.4. The number of likely N-dealkylation sites (tertiary alicyclic amines) is 2. The third kappa shape index (κ3) is 11.3.